The molecule has 0 atom stereocenters. The standard InChI is InChI=1S/C16H12Cl2O4S2/c1-21-15(19)11-5-3-9(7-13(11)17)23-24-10-4-6-12(14(18)8-10)16(20)22-2/h3-8H,1-2H3. The molecule has 0 aromatic heterocycles. The second-order valence-electron chi connectivity index (χ2n) is 4.43. The molecule has 8 heteroatoms. The number of ether oxygens (including phenoxy) is 2. The van der Waals surface area contributed by atoms with Gasteiger partial charge in [-0.15, -0.1) is 0 Å². The van der Waals surface area contributed by atoms with Crippen LogP contribution < -0.4 is 0 Å². The van der Waals surface area contributed by atoms with Gasteiger partial charge >= 0.3 is 11.9 Å². The minimum absolute atomic E-state index is 0.319. The Morgan fingerprint density at radius 1 is 0.792 bits per heavy atom. The summed E-state index contributed by atoms with van der Waals surface area (Å²) in [6.07, 6.45) is 0. The van der Waals surface area contributed by atoms with E-state index in [0.717, 1.165) is 9.79 Å². The van der Waals surface area contributed by atoms with E-state index < -0.39 is 11.9 Å². The summed E-state index contributed by atoms with van der Waals surface area (Å²) in [7, 11) is 5.51. The molecule has 0 heterocycles. The van der Waals surface area contributed by atoms with Crippen LogP contribution in [0.15, 0.2) is 46.2 Å². The van der Waals surface area contributed by atoms with E-state index in [1.807, 2.05) is 0 Å². The Bertz CT molecular complexity index is 715. The van der Waals surface area contributed by atoms with E-state index >= 15 is 0 Å². The average Bonchev–Trinajstić information content (AvgIpc) is 2.58. The van der Waals surface area contributed by atoms with Crippen molar-refractivity contribution >= 4 is 56.7 Å². The van der Waals surface area contributed by atoms with Crippen molar-refractivity contribution < 1.29 is 19.1 Å². The van der Waals surface area contributed by atoms with Gasteiger partial charge in [-0.05, 0) is 36.4 Å². The van der Waals surface area contributed by atoms with Crippen LogP contribution >= 0.6 is 44.8 Å². The largest absolute Gasteiger partial charge is 0.465 e. The maximum atomic E-state index is 11.5. The summed E-state index contributed by atoms with van der Waals surface area (Å²) < 4.78 is 9.30. The highest BCUT2D eigenvalue weighted by Gasteiger charge is 2.13. The highest BCUT2D eigenvalue weighted by atomic mass is 35.5. The summed E-state index contributed by atoms with van der Waals surface area (Å²) in [5.74, 6) is -0.955. The van der Waals surface area contributed by atoms with Gasteiger partial charge in [0, 0.05) is 9.79 Å². The Morgan fingerprint density at radius 3 is 1.46 bits per heavy atom. The summed E-state index contributed by atoms with van der Waals surface area (Å²) in [5.41, 5.74) is 0.637. The molecular weight excluding hydrogens is 391 g/mol. The van der Waals surface area contributed by atoms with Gasteiger partial charge in [0.15, 0.2) is 0 Å². The Balaban J connectivity index is 2.08. The molecule has 0 aliphatic heterocycles. The molecule has 0 N–H and O–H groups in total. The highest BCUT2D eigenvalue weighted by molar-refractivity contribution is 8.76. The monoisotopic (exact) mass is 402 g/mol. The summed E-state index contributed by atoms with van der Waals surface area (Å²) in [6.45, 7) is 0. The van der Waals surface area contributed by atoms with E-state index in [1.165, 1.54) is 35.8 Å². The first-order valence-electron chi connectivity index (χ1n) is 6.56. The lowest BCUT2D eigenvalue weighted by atomic mass is 10.2. The molecule has 2 rings (SSSR count). The third-order valence-electron chi connectivity index (χ3n) is 2.93. The van der Waals surface area contributed by atoms with E-state index in [-0.39, 0.29) is 0 Å². The van der Waals surface area contributed by atoms with Crippen LogP contribution in [0.4, 0.5) is 0 Å². The lowest BCUT2D eigenvalue weighted by Gasteiger charge is -2.07. The van der Waals surface area contributed by atoms with Crippen molar-refractivity contribution in [1.29, 1.82) is 0 Å². The predicted octanol–water partition coefficient (Wildman–Crippen LogP) is 5.37. The molecule has 24 heavy (non-hydrogen) atoms. The van der Waals surface area contributed by atoms with Gasteiger partial charge in [-0.1, -0.05) is 44.8 Å². The Labute approximate surface area is 157 Å². The lowest BCUT2D eigenvalue weighted by molar-refractivity contribution is 0.0592. The summed E-state index contributed by atoms with van der Waals surface area (Å²) in [5, 5.41) is 0.651. The number of methoxy groups -OCH3 is 2. The molecule has 0 saturated carbocycles. The maximum absolute atomic E-state index is 11.5. The summed E-state index contributed by atoms with van der Waals surface area (Å²) in [4.78, 5) is 24.7. The molecule has 2 aromatic carbocycles. The zero-order valence-electron chi connectivity index (χ0n) is 12.7. The highest BCUT2D eigenvalue weighted by Crippen LogP contribution is 2.40. The second kappa shape index (κ2) is 8.67. The van der Waals surface area contributed by atoms with Crippen LogP contribution in [-0.2, 0) is 9.47 Å². The fraction of sp³-hybridized carbons (Fsp3) is 0.125. The number of halogens is 2. The average molecular weight is 403 g/mol. The fourth-order valence-corrected chi connectivity index (χ4v) is 4.36. The number of carbonyl (C=O) groups excluding carboxylic acids is 2. The van der Waals surface area contributed by atoms with Gasteiger partial charge in [0.05, 0.1) is 35.4 Å². The Kier molecular flexibility index (Phi) is 6.86. The van der Waals surface area contributed by atoms with Crippen molar-refractivity contribution in [3.63, 3.8) is 0 Å². The van der Waals surface area contributed by atoms with E-state index in [9.17, 15) is 9.59 Å². The molecule has 0 amide bonds. The predicted molar refractivity (Wildman–Crippen MR) is 97.3 cm³/mol. The van der Waals surface area contributed by atoms with Crippen LogP contribution in [0.1, 0.15) is 20.7 Å². The Morgan fingerprint density at radius 2 is 1.17 bits per heavy atom. The van der Waals surface area contributed by atoms with Crippen molar-refractivity contribution in [2.24, 2.45) is 0 Å². The van der Waals surface area contributed by atoms with Crippen LogP contribution in [0.25, 0.3) is 0 Å². The quantitative estimate of drug-likeness (QED) is 0.495. The number of hydrogen-bond donors (Lipinski definition) is 0. The number of esters is 2. The van der Waals surface area contributed by atoms with E-state index in [0.29, 0.717) is 21.2 Å². The topological polar surface area (TPSA) is 52.6 Å². The van der Waals surface area contributed by atoms with E-state index in [2.05, 4.69) is 9.47 Å². The van der Waals surface area contributed by atoms with Gasteiger partial charge < -0.3 is 9.47 Å². The van der Waals surface area contributed by atoms with Crippen molar-refractivity contribution in [3.05, 3.63) is 57.6 Å². The fourth-order valence-electron chi connectivity index (χ4n) is 1.74. The van der Waals surface area contributed by atoms with Gasteiger partial charge in [0.25, 0.3) is 0 Å². The minimum atomic E-state index is -0.477. The van der Waals surface area contributed by atoms with Crippen LogP contribution in [0.3, 0.4) is 0 Å². The molecule has 0 radical (unpaired) electrons. The lowest BCUT2D eigenvalue weighted by Crippen LogP contribution is -2.01. The number of rotatable bonds is 5. The molecule has 0 saturated heterocycles. The van der Waals surface area contributed by atoms with Crippen LogP contribution in [0.5, 0.6) is 0 Å². The first kappa shape index (κ1) is 19.0. The molecule has 4 nitrogen and oxygen atoms in total. The third-order valence-corrected chi connectivity index (χ3v) is 5.93. The minimum Gasteiger partial charge on any atom is -0.465 e. The van der Waals surface area contributed by atoms with Crippen LogP contribution in [0, 0.1) is 0 Å². The number of benzene rings is 2. The van der Waals surface area contributed by atoms with E-state index in [1.54, 1.807) is 36.4 Å². The molecule has 126 valence electrons. The number of carbonyl (C=O) groups is 2. The first-order chi connectivity index (χ1) is 11.5. The molecule has 0 spiro atoms. The molecule has 0 fully saturated rings. The normalized spacial score (nSPS) is 10.3. The van der Waals surface area contributed by atoms with Crippen molar-refractivity contribution in [3.8, 4) is 0 Å². The molecular formula is C16H12Cl2O4S2. The zero-order valence-corrected chi connectivity index (χ0v) is 15.8. The van der Waals surface area contributed by atoms with Gasteiger partial charge in [-0.3, -0.25) is 0 Å². The summed E-state index contributed by atoms with van der Waals surface area (Å²) in [6, 6.07) is 10.2. The first-order valence-corrected chi connectivity index (χ1v) is 9.47. The zero-order chi connectivity index (χ0) is 17.7. The van der Waals surface area contributed by atoms with Crippen molar-refractivity contribution in [2.75, 3.05) is 14.2 Å². The van der Waals surface area contributed by atoms with Gasteiger partial charge in [0.1, 0.15) is 0 Å². The maximum Gasteiger partial charge on any atom is 0.339 e. The number of hydrogen-bond acceptors (Lipinski definition) is 6. The molecule has 0 bridgehead atoms. The van der Waals surface area contributed by atoms with Gasteiger partial charge in [-0.25, -0.2) is 9.59 Å². The summed E-state index contributed by atoms with van der Waals surface area (Å²) >= 11 is 12.2. The molecule has 0 aliphatic rings. The van der Waals surface area contributed by atoms with Crippen LogP contribution in [0.2, 0.25) is 10.0 Å². The Hall–Kier alpha value is -1.34. The van der Waals surface area contributed by atoms with E-state index in [4.69, 9.17) is 23.2 Å². The molecule has 0 unspecified atom stereocenters. The smallest absolute Gasteiger partial charge is 0.339 e. The molecule has 2 aromatic rings. The van der Waals surface area contributed by atoms with Crippen molar-refractivity contribution in [2.45, 2.75) is 9.79 Å². The van der Waals surface area contributed by atoms with Gasteiger partial charge in [-0.2, -0.15) is 0 Å². The molecule has 0 aliphatic carbocycles. The van der Waals surface area contributed by atoms with Gasteiger partial charge in [0.2, 0.25) is 0 Å². The third kappa shape index (κ3) is 4.60. The van der Waals surface area contributed by atoms with Crippen LogP contribution in [-0.4, -0.2) is 26.2 Å². The SMILES string of the molecule is COC(=O)c1ccc(SSc2ccc(C(=O)OC)c(Cl)c2)cc1Cl. The van der Waals surface area contributed by atoms with Crippen molar-refractivity contribution in [1.82, 2.24) is 0 Å². The second-order valence-corrected chi connectivity index (χ2v) is 7.52.